The molecule has 1 atom stereocenters. The van der Waals surface area contributed by atoms with Crippen molar-refractivity contribution in [3.8, 4) is 0 Å². The van der Waals surface area contributed by atoms with Gasteiger partial charge in [-0.15, -0.1) is 11.3 Å². The van der Waals surface area contributed by atoms with Crippen LogP contribution in [0.5, 0.6) is 0 Å². The van der Waals surface area contributed by atoms with E-state index in [4.69, 9.17) is 0 Å². The molecule has 1 aliphatic carbocycles. The quantitative estimate of drug-likeness (QED) is 0.946. The zero-order valence-corrected chi connectivity index (χ0v) is 13.3. The largest absolute Gasteiger partial charge is 0.352 e. The van der Waals surface area contributed by atoms with Gasteiger partial charge in [0.15, 0.2) is 0 Å². The van der Waals surface area contributed by atoms with Gasteiger partial charge in [0.05, 0.1) is 10.7 Å². The fraction of sp³-hybridized carbons (Fsp3) is 0.412. The summed E-state index contributed by atoms with van der Waals surface area (Å²) in [7, 11) is 0. The lowest BCUT2D eigenvalue weighted by atomic mass is 9.90. The van der Waals surface area contributed by atoms with E-state index in [1.807, 2.05) is 6.92 Å². The third-order valence-corrected chi connectivity index (χ3v) is 5.04. The van der Waals surface area contributed by atoms with Crippen molar-refractivity contribution >= 4 is 17.2 Å². The van der Waals surface area contributed by atoms with E-state index >= 15 is 0 Å². The average Bonchev–Trinajstić information content (AvgIpc) is 2.85. The highest BCUT2D eigenvalue weighted by Crippen LogP contribution is 2.29. The van der Waals surface area contributed by atoms with Crippen LogP contribution in [0.1, 0.15) is 33.1 Å². The molecule has 1 amide bonds. The van der Waals surface area contributed by atoms with Gasteiger partial charge in [0.2, 0.25) is 5.91 Å². The SMILES string of the molecule is Cc1ccc(CNC(=O)C2CCc3nc(C)sc3C2)cc1. The van der Waals surface area contributed by atoms with E-state index in [2.05, 4.69) is 41.5 Å². The molecule has 1 aliphatic rings. The van der Waals surface area contributed by atoms with Crippen molar-refractivity contribution in [2.75, 3.05) is 0 Å². The molecule has 0 radical (unpaired) electrons. The second-order valence-corrected chi connectivity index (χ2v) is 7.03. The first-order valence-corrected chi connectivity index (χ1v) is 8.22. The Labute approximate surface area is 129 Å². The Hall–Kier alpha value is -1.68. The minimum absolute atomic E-state index is 0.0998. The van der Waals surface area contributed by atoms with Crippen LogP contribution in [0.25, 0.3) is 0 Å². The van der Waals surface area contributed by atoms with Crippen LogP contribution in [0.4, 0.5) is 0 Å². The zero-order chi connectivity index (χ0) is 14.8. The van der Waals surface area contributed by atoms with E-state index < -0.39 is 0 Å². The van der Waals surface area contributed by atoms with Gasteiger partial charge >= 0.3 is 0 Å². The van der Waals surface area contributed by atoms with Crippen molar-refractivity contribution in [3.05, 3.63) is 51.0 Å². The van der Waals surface area contributed by atoms with Crippen molar-refractivity contribution in [1.82, 2.24) is 10.3 Å². The first kappa shape index (κ1) is 14.3. The highest BCUT2D eigenvalue weighted by atomic mass is 32.1. The van der Waals surface area contributed by atoms with Crippen molar-refractivity contribution in [3.63, 3.8) is 0 Å². The number of nitrogens with zero attached hydrogens (tertiary/aromatic N) is 1. The molecule has 0 saturated carbocycles. The van der Waals surface area contributed by atoms with Gasteiger partial charge in [0.25, 0.3) is 0 Å². The van der Waals surface area contributed by atoms with Crippen LogP contribution in [0, 0.1) is 19.8 Å². The number of amides is 1. The number of carbonyl (C=O) groups is 1. The molecule has 1 aromatic heterocycles. The number of hydrogen-bond acceptors (Lipinski definition) is 3. The number of thiazole rings is 1. The second-order valence-electron chi connectivity index (χ2n) is 5.75. The molecular formula is C17H20N2OS. The van der Waals surface area contributed by atoms with Crippen LogP contribution >= 0.6 is 11.3 Å². The predicted molar refractivity (Wildman–Crippen MR) is 85.4 cm³/mol. The van der Waals surface area contributed by atoms with Gasteiger partial charge in [0.1, 0.15) is 0 Å². The minimum atomic E-state index is 0.0998. The normalized spacial score (nSPS) is 17.3. The average molecular weight is 300 g/mol. The molecule has 1 heterocycles. The minimum Gasteiger partial charge on any atom is -0.352 e. The van der Waals surface area contributed by atoms with Crippen LogP contribution in [0.2, 0.25) is 0 Å². The Morgan fingerprint density at radius 1 is 1.33 bits per heavy atom. The van der Waals surface area contributed by atoms with E-state index in [1.165, 1.54) is 16.1 Å². The fourth-order valence-corrected chi connectivity index (χ4v) is 3.83. The topological polar surface area (TPSA) is 42.0 Å². The van der Waals surface area contributed by atoms with Gasteiger partial charge in [0, 0.05) is 17.3 Å². The molecule has 21 heavy (non-hydrogen) atoms. The molecule has 0 fully saturated rings. The van der Waals surface area contributed by atoms with Gasteiger partial charge in [-0.2, -0.15) is 0 Å². The fourth-order valence-electron chi connectivity index (χ4n) is 2.77. The van der Waals surface area contributed by atoms with Crippen LogP contribution in [0.3, 0.4) is 0 Å². The Morgan fingerprint density at radius 3 is 2.86 bits per heavy atom. The molecule has 0 spiro atoms. The van der Waals surface area contributed by atoms with Crippen LogP contribution in [0.15, 0.2) is 24.3 Å². The summed E-state index contributed by atoms with van der Waals surface area (Å²) in [5.74, 6) is 0.273. The van der Waals surface area contributed by atoms with Crippen molar-refractivity contribution in [1.29, 1.82) is 0 Å². The van der Waals surface area contributed by atoms with Gasteiger partial charge < -0.3 is 5.32 Å². The lowest BCUT2D eigenvalue weighted by Crippen LogP contribution is -2.33. The van der Waals surface area contributed by atoms with Crippen LogP contribution in [-0.4, -0.2) is 10.9 Å². The lowest BCUT2D eigenvalue weighted by Gasteiger charge is -2.20. The zero-order valence-electron chi connectivity index (χ0n) is 12.5. The van der Waals surface area contributed by atoms with Gasteiger partial charge in [-0.05, 0) is 38.7 Å². The predicted octanol–water partition coefficient (Wildman–Crippen LogP) is 3.18. The summed E-state index contributed by atoms with van der Waals surface area (Å²) in [5, 5.41) is 4.18. The standard InChI is InChI=1S/C17H20N2OS/c1-11-3-5-13(6-4-11)10-18-17(20)14-7-8-15-16(9-14)21-12(2)19-15/h3-6,14H,7-10H2,1-2H3,(H,18,20). The van der Waals surface area contributed by atoms with Crippen molar-refractivity contribution < 1.29 is 4.79 Å². The van der Waals surface area contributed by atoms with Gasteiger partial charge in [-0.3, -0.25) is 4.79 Å². The number of rotatable bonds is 3. The summed E-state index contributed by atoms with van der Waals surface area (Å²) >= 11 is 1.74. The Balaban J connectivity index is 1.58. The number of hydrogen-bond donors (Lipinski definition) is 1. The monoisotopic (exact) mass is 300 g/mol. The molecule has 3 rings (SSSR count). The van der Waals surface area contributed by atoms with Crippen molar-refractivity contribution in [2.45, 2.75) is 39.7 Å². The molecule has 3 nitrogen and oxygen atoms in total. The smallest absolute Gasteiger partial charge is 0.223 e. The number of benzene rings is 1. The summed E-state index contributed by atoms with van der Waals surface area (Å²) in [6, 6.07) is 8.30. The summed E-state index contributed by atoms with van der Waals surface area (Å²) in [6.45, 7) is 4.72. The van der Waals surface area contributed by atoms with E-state index in [0.29, 0.717) is 6.54 Å². The third kappa shape index (κ3) is 3.32. The van der Waals surface area contributed by atoms with E-state index in [-0.39, 0.29) is 11.8 Å². The van der Waals surface area contributed by atoms with Crippen molar-refractivity contribution in [2.24, 2.45) is 5.92 Å². The van der Waals surface area contributed by atoms with Crippen LogP contribution in [-0.2, 0) is 24.2 Å². The number of carbonyl (C=O) groups excluding carboxylic acids is 1. The Kier molecular flexibility index (Phi) is 4.06. The molecular weight excluding hydrogens is 280 g/mol. The summed E-state index contributed by atoms with van der Waals surface area (Å²) in [5.41, 5.74) is 3.60. The highest BCUT2D eigenvalue weighted by molar-refractivity contribution is 7.11. The number of aryl methyl sites for hydroxylation is 3. The Morgan fingerprint density at radius 2 is 2.10 bits per heavy atom. The van der Waals surface area contributed by atoms with Crippen LogP contribution < -0.4 is 5.32 Å². The molecule has 0 aliphatic heterocycles. The molecule has 110 valence electrons. The van der Waals surface area contributed by atoms with E-state index in [0.717, 1.165) is 29.8 Å². The molecule has 4 heteroatoms. The lowest BCUT2D eigenvalue weighted by molar-refractivity contribution is -0.125. The molecule has 1 unspecified atom stereocenters. The Bertz CT molecular complexity index is 645. The first-order chi connectivity index (χ1) is 10.1. The second kappa shape index (κ2) is 5.98. The third-order valence-electron chi connectivity index (χ3n) is 4.00. The summed E-state index contributed by atoms with van der Waals surface area (Å²) in [6.07, 6.45) is 2.69. The number of nitrogens with one attached hydrogen (secondary N) is 1. The molecule has 0 saturated heterocycles. The first-order valence-electron chi connectivity index (χ1n) is 7.40. The molecule has 1 N–H and O–H groups in total. The molecule has 1 aromatic carbocycles. The molecule has 0 bridgehead atoms. The summed E-state index contributed by atoms with van der Waals surface area (Å²) < 4.78 is 0. The maximum absolute atomic E-state index is 12.3. The van der Waals surface area contributed by atoms with Gasteiger partial charge in [-0.25, -0.2) is 4.98 Å². The summed E-state index contributed by atoms with van der Waals surface area (Å²) in [4.78, 5) is 18.2. The van der Waals surface area contributed by atoms with E-state index in [1.54, 1.807) is 11.3 Å². The maximum atomic E-state index is 12.3. The maximum Gasteiger partial charge on any atom is 0.223 e. The molecule has 2 aromatic rings. The highest BCUT2D eigenvalue weighted by Gasteiger charge is 2.26. The number of fused-ring (bicyclic) bond motifs is 1. The van der Waals surface area contributed by atoms with E-state index in [9.17, 15) is 4.79 Å². The number of aromatic nitrogens is 1. The van der Waals surface area contributed by atoms with Gasteiger partial charge in [-0.1, -0.05) is 29.8 Å².